The van der Waals surface area contributed by atoms with Crippen molar-refractivity contribution in [3.05, 3.63) is 34.9 Å². The molecule has 7 nitrogen and oxygen atoms in total. The van der Waals surface area contributed by atoms with E-state index in [1.165, 1.54) is 0 Å². The number of aryl methyl sites for hydroxylation is 3. The van der Waals surface area contributed by atoms with E-state index in [2.05, 4.69) is 15.3 Å². The zero-order chi connectivity index (χ0) is 15.0. The zero-order valence-electron chi connectivity index (χ0n) is 12.5. The Labute approximate surface area is 122 Å². The Bertz CT molecular complexity index is 660. The number of ether oxygens (including phenoxy) is 1. The Hall–Kier alpha value is -2.15. The molecule has 3 heterocycles. The van der Waals surface area contributed by atoms with E-state index in [9.17, 15) is 4.79 Å². The maximum absolute atomic E-state index is 12.8. The average Bonchev–Trinajstić information content (AvgIpc) is 3.03. The van der Waals surface area contributed by atoms with E-state index < -0.39 is 0 Å². The van der Waals surface area contributed by atoms with E-state index in [1.54, 1.807) is 17.1 Å². The largest absolute Gasteiger partial charge is 0.377 e. The molecule has 0 saturated carbocycles. The molecular weight excluding hydrogens is 270 g/mol. The maximum Gasteiger partial charge on any atom is 0.258 e. The first-order valence-electron chi connectivity index (χ1n) is 6.96. The van der Waals surface area contributed by atoms with Crippen molar-refractivity contribution in [2.75, 3.05) is 19.8 Å². The van der Waals surface area contributed by atoms with E-state index in [0.717, 1.165) is 17.0 Å². The second-order valence-corrected chi connectivity index (χ2v) is 5.36. The minimum atomic E-state index is -0.131. The lowest BCUT2D eigenvalue weighted by atomic mass is 10.1. The summed E-state index contributed by atoms with van der Waals surface area (Å²) in [6, 6.07) is -0.131. The predicted octanol–water partition coefficient (Wildman–Crippen LogP) is 0.974. The minimum absolute atomic E-state index is 0.0112. The quantitative estimate of drug-likeness (QED) is 0.894. The van der Waals surface area contributed by atoms with Gasteiger partial charge in [-0.15, -0.1) is 0 Å². The van der Waals surface area contributed by atoms with Crippen LogP contribution in [0.3, 0.4) is 0 Å². The molecule has 0 bridgehead atoms. The molecule has 0 unspecified atom stereocenters. The molecule has 0 spiro atoms. The summed E-state index contributed by atoms with van der Waals surface area (Å²) in [6.45, 7) is 5.43. The van der Waals surface area contributed by atoms with Crippen LogP contribution in [0.1, 0.15) is 33.4 Å². The average molecular weight is 289 g/mol. The van der Waals surface area contributed by atoms with Gasteiger partial charge in [0.15, 0.2) is 0 Å². The molecule has 2 aromatic heterocycles. The molecule has 1 fully saturated rings. The highest BCUT2D eigenvalue weighted by molar-refractivity contribution is 5.95. The minimum Gasteiger partial charge on any atom is -0.377 e. The van der Waals surface area contributed by atoms with Gasteiger partial charge in [-0.3, -0.25) is 14.6 Å². The first-order chi connectivity index (χ1) is 10.1. The summed E-state index contributed by atoms with van der Waals surface area (Å²) in [7, 11) is 1.82. The Morgan fingerprint density at radius 3 is 2.90 bits per heavy atom. The number of amides is 1. The number of rotatable bonds is 2. The summed E-state index contributed by atoms with van der Waals surface area (Å²) in [4.78, 5) is 14.7. The highest BCUT2D eigenvalue weighted by Crippen LogP contribution is 2.27. The van der Waals surface area contributed by atoms with E-state index >= 15 is 0 Å². The molecule has 1 aliphatic rings. The fourth-order valence-corrected chi connectivity index (χ4v) is 2.74. The third-order valence-corrected chi connectivity index (χ3v) is 3.83. The number of carbonyl (C=O) groups excluding carboxylic acids is 1. The summed E-state index contributed by atoms with van der Waals surface area (Å²) in [6.07, 6.45) is 3.53. The molecule has 1 N–H and O–H groups in total. The van der Waals surface area contributed by atoms with Crippen LogP contribution in [0, 0.1) is 13.8 Å². The summed E-state index contributed by atoms with van der Waals surface area (Å²) in [5.41, 5.74) is 3.35. The Balaban J connectivity index is 1.93. The molecule has 3 rings (SSSR count). The van der Waals surface area contributed by atoms with Crippen LogP contribution in [0.5, 0.6) is 0 Å². The molecule has 1 amide bonds. The molecule has 0 aromatic carbocycles. The van der Waals surface area contributed by atoms with Crippen LogP contribution >= 0.6 is 0 Å². The van der Waals surface area contributed by atoms with Crippen LogP contribution in [0.4, 0.5) is 0 Å². The van der Waals surface area contributed by atoms with Gasteiger partial charge >= 0.3 is 0 Å². The molecular formula is C14H19N5O2. The van der Waals surface area contributed by atoms with E-state index in [4.69, 9.17) is 4.74 Å². The molecule has 0 aliphatic carbocycles. The van der Waals surface area contributed by atoms with Crippen LogP contribution in [0.2, 0.25) is 0 Å². The van der Waals surface area contributed by atoms with Crippen LogP contribution in [0.25, 0.3) is 0 Å². The van der Waals surface area contributed by atoms with Gasteiger partial charge in [-0.1, -0.05) is 0 Å². The van der Waals surface area contributed by atoms with Crippen molar-refractivity contribution in [1.82, 2.24) is 24.9 Å². The lowest BCUT2D eigenvalue weighted by Crippen LogP contribution is -2.44. The number of aromatic amines is 1. The smallest absolute Gasteiger partial charge is 0.258 e. The summed E-state index contributed by atoms with van der Waals surface area (Å²) in [5, 5.41) is 11.3. The van der Waals surface area contributed by atoms with Gasteiger partial charge in [0.25, 0.3) is 5.91 Å². The number of morpholine rings is 1. The number of hydrogen-bond acceptors (Lipinski definition) is 4. The van der Waals surface area contributed by atoms with Gasteiger partial charge in [0.1, 0.15) is 0 Å². The first-order valence-corrected chi connectivity index (χ1v) is 6.96. The summed E-state index contributed by atoms with van der Waals surface area (Å²) in [5.74, 6) is -0.0112. The van der Waals surface area contributed by atoms with Crippen LogP contribution in [0.15, 0.2) is 12.4 Å². The molecule has 21 heavy (non-hydrogen) atoms. The van der Waals surface area contributed by atoms with Crippen LogP contribution in [-0.4, -0.2) is 50.5 Å². The van der Waals surface area contributed by atoms with Gasteiger partial charge in [0.2, 0.25) is 0 Å². The lowest BCUT2D eigenvalue weighted by Gasteiger charge is -2.35. The third-order valence-electron chi connectivity index (χ3n) is 3.83. The van der Waals surface area contributed by atoms with Crippen molar-refractivity contribution in [3.63, 3.8) is 0 Å². The van der Waals surface area contributed by atoms with Crippen LogP contribution < -0.4 is 0 Å². The normalized spacial score (nSPS) is 19.0. The Kier molecular flexibility index (Phi) is 3.50. The van der Waals surface area contributed by atoms with Gasteiger partial charge in [0, 0.05) is 19.8 Å². The fraction of sp³-hybridized carbons (Fsp3) is 0.500. The lowest BCUT2D eigenvalue weighted by molar-refractivity contribution is -0.00411. The molecule has 1 saturated heterocycles. The molecule has 0 radical (unpaired) electrons. The number of aromatic nitrogens is 4. The standard InChI is InChI=1S/C14H19N5O2/c1-9-6-15-16-13(9)12-8-21-5-4-19(12)14(20)11-7-18(3)17-10(11)2/h6-7,12H,4-5,8H2,1-3H3,(H,15,16)/t12-/m0/s1. The fourth-order valence-electron chi connectivity index (χ4n) is 2.74. The highest BCUT2D eigenvalue weighted by Gasteiger charge is 2.32. The van der Waals surface area contributed by atoms with Crippen LogP contribution in [-0.2, 0) is 11.8 Å². The predicted molar refractivity (Wildman–Crippen MR) is 75.9 cm³/mol. The Morgan fingerprint density at radius 1 is 1.48 bits per heavy atom. The van der Waals surface area contributed by atoms with E-state index in [1.807, 2.05) is 25.8 Å². The number of H-pyrrole nitrogens is 1. The van der Waals surface area contributed by atoms with E-state index in [-0.39, 0.29) is 11.9 Å². The van der Waals surface area contributed by atoms with Gasteiger partial charge in [-0.05, 0) is 19.4 Å². The Morgan fingerprint density at radius 2 is 2.29 bits per heavy atom. The topological polar surface area (TPSA) is 76.0 Å². The van der Waals surface area contributed by atoms with Gasteiger partial charge in [-0.25, -0.2) is 0 Å². The molecule has 1 aliphatic heterocycles. The number of nitrogens with one attached hydrogen (secondary N) is 1. The first kappa shape index (κ1) is 13.8. The van der Waals surface area contributed by atoms with Gasteiger partial charge in [-0.2, -0.15) is 10.2 Å². The van der Waals surface area contributed by atoms with Crippen molar-refractivity contribution in [1.29, 1.82) is 0 Å². The molecule has 2 aromatic rings. The second-order valence-electron chi connectivity index (χ2n) is 5.36. The van der Waals surface area contributed by atoms with Gasteiger partial charge < -0.3 is 9.64 Å². The number of nitrogens with zero attached hydrogens (tertiary/aromatic N) is 4. The van der Waals surface area contributed by atoms with E-state index in [0.29, 0.717) is 25.3 Å². The van der Waals surface area contributed by atoms with Crippen molar-refractivity contribution >= 4 is 5.91 Å². The summed E-state index contributed by atoms with van der Waals surface area (Å²) >= 11 is 0. The van der Waals surface area contributed by atoms with Crippen molar-refractivity contribution in [2.45, 2.75) is 19.9 Å². The van der Waals surface area contributed by atoms with Gasteiger partial charge in [0.05, 0.1) is 42.4 Å². The summed E-state index contributed by atoms with van der Waals surface area (Å²) < 4.78 is 7.22. The molecule has 7 heteroatoms. The zero-order valence-corrected chi connectivity index (χ0v) is 12.5. The number of carbonyl (C=O) groups is 1. The SMILES string of the molecule is Cc1cn[nH]c1[C@@H]1COCCN1C(=O)c1cn(C)nc1C. The maximum atomic E-state index is 12.8. The third kappa shape index (κ3) is 2.44. The molecule has 112 valence electrons. The second kappa shape index (κ2) is 5.33. The monoisotopic (exact) mass is 289 g/mol. The van der Waals surface area contributed by atoms with Crippen molar-refractivity contribution in [2.24, 2.45) is 7.05 Å². The van der Waals surface area contributed by atoms with Crippen molar-refractivity contribution < 1.29 is 9.53 Å². The number of hydrogen-bond donors (Lipinski definition) is 1. The molecule has 1 atom stereocenters. The van der Waals surface area contributed by atoms with Crippen molar-refractivity contribution in [3.8, 4) is 0 Å². The highest BCUT2D eigenvalue weighted by atomic mass is 16.5.